The minimum absolute atomic E-state index is 0. The van der Waals surface area contributed by atoms with Crippen molar-refractivity contribution in [2.75, 3.05) is 0 Å². The van der Waals surface area contributed by atoms with Crippen LogP contribution in [-0.2, 0) is 0 Å². The van der Waals surface area contributed by atoms with Crippen LogP contribution in [0.1, 0.15) is 0 Å². The second-order valence-electron chi connectivity index (χ2n) is 0.750. The molecule has 11 heteroatoms. The van der Waals surface area contributed by atoms with Crippen molar-refractivity contribution < 1.29 is 45.0 Å². The van der Waals surface area contributed by atoms with Crippen LogP contribution in [0.2, 0.25) is 0 Å². The molecule has 9 nitrogen and oxygen atoms in total. The van der Waals surface area contributed by atoms with Crippen LogP contribution in [-0.4, -0.2) is 52.5 Å². The van der Waals surface area contributed by atoms with Crippen LogP contribution in [0.3, 0.4) is 0 Å². The fourth-order valence-electron chi connectivity index (χ4n) is 0. The number of hydrogen-bond donors (Lipinski definition) is 0. The van der Waals surface area contributed by atoms with Crippen molar-refractivity contribution in [3.63, 3.8) is 0 Å². The molecule has 0 aromatic rings. The van der Waals surface area contributed by atoms with Crippen molar-refractivity contribution in [1.82, 2.24) is 0 Å². The Hall–Kier alpha value is -1.21. The number of carbonyl (C=O) groups excluding carboxylic acids is 3. The van der Waals surface area contributed by atoms with Gasteiger partial charge in [-0.3, -0.25) is 0 Å². The molecule has 72 valence electrons. The van der Waals surface area contributed by atoms with E-state index >= 15 is 0 Å². The van der Waals surface area contributed by atoms with Crippen molar-refractivity contribution in [1.29, 1.82) is 0 Å². The first-order valence-corrected chi connectivity index (χ1v) is 1.84. The molecule has 0 atom stereocenters. The van der Waals surface area contributed by atoms with E-state index in [-0.39, 0.29) is 34.0 Å². The summed E-state index contributed by atoms with van der Waals surface area (Å²) in [6.07, 6.45) is -7.00. The molecule has 14 heavy (non-hydrogen) atoms. The van der Waals surface area contributed by atoms with Crippen molar-refractivity contribution in [2.24, 2.45) is 0 Å². The molecular formula is C3MgO9Si. The summed E-state index contributed by atoms with van der Waals surface area (Å²) in [6.45, 7) is 0. The van der Waals surface area contributed by atoms with Gasteiger partial charge in [0, 0.05) is 0 Å². The fraction of sp³-hybridized carbons (Fsp3) is 0. The van der Waals surface area contributed by atoms with E-state index in [0.29, 0.717) is 0 Å². The van der Waals surface area contributed by atoms with Crippen LogP contribution >= 0.6 is 0 Å². The van der Waals surface area contributed by atoms with Gasteiger partial charge in [0.25, 0.3) is 0 Å². The Kier molecular flexibility index (Phi) is 47.3. The molecule has 0 unspecified atom stereocenters. The Morgan fingerprint density at radius 1 is 0.571 bits per heavy atom. The van der Waals surface area contributed by atoms with Crippen molar-refractivity contribution in [3.8, 4) is 0 Å². The van der Waals surface area contributed by atoms with E-state index in [9.17, 15) is 0 Å². The van der Waals surface area contributed by atoms with Crippen LogP contribution in [0.5, 0.6) is 0 Å². The quantitative estimate of drug-likeness (QED) is 0.365. The molecule has 0 heterocycles. The second-order valence-corrected chi connectivity index (χ2v) is 0.750. The van der Waals surface area contributed by atoms with Crippen LogP contribution in [0.15, 0.2) is 0 Å². The Balaban J connectivity index is -0.0000000270. The predicted octanol–water partition coefficient (Wildman–Crippen LogP) is -8.10. The minimum atomic E-state index is -2.33. The molecule has 0 N–H and O–H groups in total. The normalized spacial score (nSPS) is 5.14. The molecule has 0 saturated heterocycles. The Bertz CT molecular complexity index is 118. The molecule has 0 rings (SSSR count). The zero-order valence-corrected chi connectivity index (χ0v) is 8.80. The van der Waals surface area contributed by atoms with E-state index in [0.717, 1.165) is 0 Å². The van der Waals surface area contributed by atoms with E-state index in [1.807, 2.05) is 0 Å². The first-order chi connectivity index (χ1) is 5.20. The Morgan fingerprint density at radius 3 is 0.571 bits per heavy atom. The predicted molar refractivity (Wildman–Crippen MR) is 27.7 cm³/mol. The molecular weight excluding hydrogens is 232 g/mol. The molecule has 0 bridgehead atoms. The number of carbonyl (C=O) groups is 3. The molecule has 0 aliphatic carbocycles. The maximum atomic E-state index is 8.33. The molecule has 0 aromatic carbocycles. The third kappa shape index (κ3) is 711. The average Bonchev–Trinajstić information content (AvgIpc) is 1.54. The van der Waals surface area contributed by atoms with E-state index < -0.39 is 18.5 Å². The van der Waals surface area contributed by atoms with E-state index in [1.165, 1.54) is 0 Å². The Labute approximate surface area is 97.8 Å². The van der Waals surface area contributed by atoms with Gasteiger partial charge in [-0.25, -0.2) is 0 Å². The summed E-state index contributed by atoms with van der Waals surface area (Å²) in [5, 5.41) is 50.0. The summed E-state index contributed by atoms with van der Waals surface area (Å²) in [6, 6.07) is 0. The van der Waals surface area contributed by atoms with Gasteiger partial charge < -0.3 is 45.0 Å². The summed E-state index contributed by atoms with van der Waals surface area (Å²) in [5.41, 5.74) is 0. The summed E-state index contributed by atoms with van der Waals surface area (Å²) in [7, 11) is 0. The third-order valence-electron chi connectivity index (χ3n) is 0. The summed E-state index contributed by atoms with van der Waals surface area (Å²) in [5.74, 6) is 0. The Morgan fingerprint density at radius 2 is 0.571 bits per heavy atom. The molecule has 0 amide bonds. The maximum absolute atomic E-state index is 8.33. The van der Waals surface area contributed by atoms with Crippen LogP contribution in [0, 0.1) is 0 Å². The zero-order valence-electron chi connectivity index (χ0n) is 6.38. The van der Waals surface area contributed by atoms with E-state index in [4.69, 9.17) is 45.0 Å². The largest absolute Gasteiger partial charge is 4.00 e. The van der Waals surface area contributed by atoms with Crippen molar-refractivity contribution in [2.45, 2.75) is 0 Å². The second kappa shape index (κ2) is 22.6. The van der Waals surface area contributed by atoms with Gasteiger partial charge in [-0.15, -0.1) is 0 Å². The minimum Gasteiger partial charge on any atom is -0.652 e. The summed E-state index contributed by atoms with van der Waals surface area (Å²) in [4.78, 5) is 25.0. The van der Waals surface area contributed by atoms with Crippen molar-refractivity contribution >= 4 is 52.5 Å². The first-order valence-electron chi connectivity index (χ1n) is 1.84. The van der Waals surface area contributed by atoms with Gasteiger partial charge >= 0.3 is 34.0 Å². The van der Waals surface area contributed by atoms with Gasteiger partial charge in [-0.1, -0.05) is 0 Å². The molecule has 0 radical (unpaired) electrons. The van der Waals surface area contributed by atoms with Gasteiger partial charge in [0.2, 0.25) is 0 Å². The van der Waals surface area contributed by atoms with Gasteiger partial charge in [0.1, 0.15) is 0 Å². The standard InChI is InChI=1S/3CH2O3.Mg.Si/c3*2-1(3)4;;/h3*(H2,2,3,4);;/q;;;+2;+4/p-6. The van der Waals surface area contributed by atoms with Crippen molar-refractivity contribution in [3.05, 3.63) is 0 Å². The SMILES string of the molecule is O=C([O-])[O-].O=C([O-])[O-].O=C([O-])[O-].[Mg+2].[Si+4]. The van der Waals surface area contributed by atoms with Gasteiger partial charge in [0.05, 0.1) is 0 Å². The van der Waals surface area contributed by atoms with E-state index in [2.05, 4.69) is 0 Å². The molecule has 0 saturated carbocycles. The van der Waals surface area contributed by atoms with E-state index in [1.54, 1.807) is 0 Å². The molecule has 0 fully saturated rings. The molecule has 0 aliphatic heterocycles. The molecule has 0 aliphatic rings. The maximum Gasteiger partial charge on any atom is 4.00 e. The molecule has 0 aromatic heterocycles. The number of carboxylic acid groups (broad SMARTS) is 6. The van der Waals surface area contributed by atoms with Crippen LogP contribution in [0.4, 0.5) is 14.4 Å². The fourth-order valence-corrected chi connectivity index (χ4v) is 0. The first kappa shape index (κ1) is 29.3. The van der Waals surface area contributed by atoms with Gasteiger partial charge in [0.15, 0.2) is 0 Å². The third-order valence-corrected chi connectivity index (χ3v) is 0. The summed E-state index contributed by atoms with van der Waals surface area (Å²) < 4.78 is 0. The van der Waals surface area contributed by atoms with Gasteiger partial charge in [-0.2, -0.15) is 0 Å². The molecule has 0 spiro atoms. The number of hydrogen-bond acceptors (Lipinski definition) is 9. The summed E-state index contributed by atoms with van der Waals surface area (Å²) >= 11 is 0. The zero-order chi connectivity index (χ0) is 10.7. The average molecular weight is 232 g/mol. The smallest absolute Gasteiger partial charge is 0.652 e. The number of rotatable bonds is 0. The monoisotopic (exact) mass is 232 g/mol. The van der Waals surface area contributed by atoms with Crippen LogP contribution < -0.4 is 30.6 Å². The van der Waals surface area contributed by atoms with Crippen LogP contribution in [0.25, 0.3) is 0 Å². The van der Waals surface area contributed by atoms with Gasteiger partial charge in [-0.05, 0) is 18.5 Å². The topological polar surface area (TPSA) is 190 Å².